The zero-order valence-electron chi connectivity index (χ0n) is 33.8. The van der Waals surface area contributed by atoms with Gasteiger partial charge in [0.1, 0.15) is 17.1 Å². The quantitative estimate of drug-likeness (QED) is 0.139. The Morgan fingerprint density at radius 2 is 1.50 bits per heavy atom. The van der Waals surface area contributed by atoms with Crippen molar-refractivity contribution in [3.05, 3.63) is 65.0 Å². The highest BCUT2D eigenvalue weighted by Gasteiger charge is 2.70. The average Bonchev–Trinajstić information content (AvgIpc) is 3.66. The molecule has 0 aromatic heterocycles. The van der Waals surface area contributed by atoms with Gasteiger partial charge in [-0.15, -0.1) is 0 Å². The Morgan fingerprint density at radius 1 is 0.857 bits per heavy atom. The molecule has 13 heteroatoms. The van der Waals surface area contributed by atoms with Crippen molar-refractivity contribution < 1.29 is 51.8 Å². The van der Waals surface area contributed by atoms with Crippen molar-refractivity contribution in [3.8, 4) is 5.75 Å². The van der Waals surface area contributed by atoms with Gasteiger partial charge in [0.2, 0.25) is 12.7 Å². The van der Waals surface area contributed by atoms with Gasteiger partial charge in [-0.1, -0.05) is 39.8 Å². The van der Waals surface area contributed by atoms with Gasteiger partial charge in [0, 0.05) is 12.8 Å². The van der Waals surface area contributed by atoms with E-state index in [0.29, 0.717) is 35.7 Å². The summed E-state index contributed by atoms with van der Waals surface area (Å²) in [4.78, 5) is 39.6. The highest BCUT2D eigenvalue weighted by atomic mass is 19.1. The molecule has 10 rings (SSSR count). The highest BCUT2D eigenvalue weighted by Crippen LogP contribution is 2.68. The first-order valence-electron chi connectivity index (χ1n) is 20.1. The minimum Gasteiger partial charge on any atom is -0.496 e. The molecule has 8 aliphatic rings. The second-order valence-electron chi connectivity index (χ2n) is 18.8. The minimum atomic E-state index is -0.888. The smallest absolute Gasteiger partial charge is 0.482 e. The molecule has 302 valence electrons. The maximum atomic E-state index is 14.0. The van der Waals surface area contributed by atoms with Gasteiger partial charge in [0.15, 0.2) is 5.79 Å². The topological polar surface area (TPSA) is 128 Å². The normalized spacial score (nSPS) is 35.9. The standard InChI is InChI=1S/C43H55BFNO10/c1-39(2)26-19-30(39)42(6)32(21-26)53-41(5,55-42)17-16-35(47)46-34(44-54-33-22-27-20-31(40(27,3)4)43(33,7)56-44)18-25-10-9-11-29(36(25)50-8)38(49)52-23-51-37(48)24-12-14-28(45)15-13-24/h9-15,26-27,30-34H,16-23H2,1-8H3,(H,46,47). The largest absolute Gasteiger partial charge is 0.496 e. The lowest BCUT2D eigenvalue weighted by atomic mass is 9.43. The predicted molar refractivity (Wildman–Crippen MR) is 203 cm³/mol. The number of esters is 2. The van der Waals surface area contributed by atoms with Crippen LogP contribution in [0.25, 0.3) is 0 Å². The molecule has 6 aliphatic carbocycles. The van der Waals surface area contributed by atoms with Crippen molar-refractivity contribution in [1.29, 1.82) is 0 Å². The Bertz CT molecular complexity index is 1890. The number of carbonyl (C=O) groups excluding carboxylic acids is 3. The number of methoxy groups -OCH3 is 1. The van der Waals surface area contributed by atoms with Crippen LogP contribution >= 0.6 is 0 Å². The zero-order chi connectivity index (χ0) is 40.0. The Hall–Kier alpha value is -3.52. The Labute approximate surface area is 329 Å². The fourth-order valence-corrected chi connectivity index (χ4v) is 11.5. The molecule has 10 unspecified atom stereocenters. The molecule has 10 atom stereocenters. The zero-order valence-corrected chi connectivity index (χ0v) is 33.8. The van der Waals surface area contributed by atoms with E-state index in [1.165, 1.54) is 19.2 Å². The van der Waals surface area contributed by atoms with Crippen molar-refractivity contribution in [2.24, 2.45) is 34.5 Å². The third-order valence-electron chi connectivity index (χ3n) is 15.0. The first kappa shape index (κ1) is 39.3. The molecule has 2 heterocycles. The van der Waals surface area contributed by atoms with Gasteiger partial charge >= 0.3 is 19.1 Å². The lowest BCUT2D eigenvalue weighted by Gasteiger charge is -2.64. The molecular formula is C43H55BFNO10. The molecule has 2 aromatic rings. The number of rotatable bonds is 12. The third kappa shape index (κ3) is 6.45. The van der Waals surface area contributed by atoms with Gasteiger partial charge < -0.3 is 38.3 Å². The summed E-state index contributed by atoms with van der Waals surface area (Å²) in [5.41, 5.74) is 0.308. The predicted octanol–water partition coefficient (Wildman–Crippen LogP) is 6.84. The first-order chi connectivity index (χ1) is 26.4. The second kappa shape index (κ2) is 13.8. The summed E-state index contributed by atoms with van der Waals surface area (Å²) in [5.74, 6) is -1.58. The number of hydrogen-bond acceptors (Lipinski definition) is 10. The van der Waals surface area contributed by atoms with E-state index in [2.05, 4.69) is 46.9 Å². The summed E-state index contributed by atoms with van der Waals surface area (Å²) in [6.45, 7) is 14.9. The molecule has 2 aliphatic heterocycles. The summed E-state index contributed by atoms with van der Waals surface area (Å²) in [6.07, 6.45) is 4.76. The van der Waals surface area contributed by atoms with Crippen LogP contribution < -0.4 is 10.1 Å². The molecule has 4 bridgehead atoms. The van der Waals surface area contributed by atoms with Crippen LogP contribution in [0, 0.1) is 40.3 Å². The Morgan fingerprint density at radius 3 is 2.16 bits per heavy atom. The summed E-state index contributed by atoms with van der Waals surface area (Å²) in [6, 6.07) is 9.92. The number of ether oxygens (including phenoxy) is 5. The Kier molecular flexibility index (Phi) is 9.69. The SMILES string of the molecule is COc1c(CC(NC(=O)CCC2(C)OC3CC4CC(C4(C)C)C3(C)O2)B2OC3CC4CC(C4(C)C)C3(C)O2)cccc1C(=O)OCOC(=O)c1ccc(F)cc1. The number of para-hydroxylation sites is 1. The number of benzene rings is 2. The molecule has 1 N–H and O–H groups in total. The summed E-state index contributed by atoms with van der Waals surface area (Å²) < 4.78 is 56.4. The summed E-state index contributed by atoms with van der Waals surface area (Å²) in [5, 5.41) is 3.24. The van der Waals surface area contributed by atoms with Crippen LogP contribution in [0.15, 0.2) is 42.5 Å². The van der Waals surface area contributed by atoms with Crippen LogP contribution in [0.2, 0.25) is 0 Å². The molecule has 2 saturated heterocycles. The summed E-state index contributed by atoms with van der Waals surface area (Å²) >= 11 is 0. The summed E-state index contributed by atoms with van der Waals surface area (Å²) in [7, 11) is 0.706. The van der Waals surface area contributed by atoms with Gasteiger partial charge in [0.05, 0.1) is 42.0 Å². The number of halogens is 1. The van der Waals surface area contributed by atoms with Crippen LogP contribution in [0.4, 0.5) is 4.39 Å². The van der Waals surface area contributed by atoms with Gasteiger partial charge in [-0.25, -0.2) is 14.0 Å². The van der Waals surface area contributed by atoms with E-state index in [1.807, 2.05) is 13.0 Å². The molecule has 6 saturated carbocycles. The van der Waals surface area contributed by atoms with Crippen molar-refractivity contribution in [1.82, 2.24) is 5.32 Å². The maximum Gasteiger partial charge on any atom is 0.482 e. The molecule has 56 heavy (non-hydrogen) atoms. The van der Waals surface area contributed by atoms with Crippen LogP contribution in [0.1, 0.15) is 113 Å². The van der Waals surface area contributed by atoms with E-state index in [1.54, 1.807) is 12.1 Å². The number of amides is 1. The third-order valence-corrected chi connectivity index (χ3v) is 15.0. The second-order valence-corrected chi connectivity index (χ2v) is 18.8. The van der Waals surface area contributed by atoms with Gasteiger partial charge in [-0.2, -0.15) is 0 Å². The van der Waals surface area contributed by atoms with Crippen LogP contribution in [0.3, 0.4) is 0 Å². The monoisotopic (exact) mass is 775 g/mol. The van der Waals surface area contributed by atoms with Crippen molar-refractivity contribution in [3.63, 3.8) is 0 Å². The van der Waals surface area contributed by atoms with E-state index in [4.69, 9.17) is 33.0 Å². The van der Waals surface area contributed by atoms with Crippen molar-refractivity contribution in [2.45, 2.75) is 129 Å². The van der Waals surface area contributed by atoms with Crippen molar-refractivity contribution >= 4 is 25.0 Å². The highest BCUT2D eigenvalue weighted by molar-refractivity contribution is 6.48. The number of hydrogen-bond donors (Lipinski definition) is 1. The number of nitrogens with one attached hydrogen (secondary N) is 1. The lowest BCUT2D eigenvalue weighted by Crippen LogP contribution is -2.65. The van der Waals surface area contributed by atoms with Crippen molar-refractivity contribution in [2.75, 3.05) is 13.9 Å². The van der Waals surface area contributed by atoms with E-state index < -0.39 is 49.0 Å². The average molecular weight is 776 g/mol. The van der Waals surface area contributed by atoms with E-state index in [-0.39, 0.29) is 64.3 Å². The van der Waals surface area contributed by atoms with E-state index in [0.717, 1.165) is 37.8 Å². The van der Waals surface area contributed by atoms with Crippen LogP contribution in [0.5, 0.6) is 5.75 Å². The molecular weight excluding hydrogens is 720 g/mol. The van der Waals surface area contributed by atoms with E-state index in [9.17, 15) is 18.8 Å². The molecule has 1 amide bonds. The van der Waals surface area contributed by atoms with E-state index >= 15 is 0 Å². The van der Waals surface area contributed by atoms with Gasteiger partial charge in [0.25, 0.3) is 0 Å². The lowest BCUT2D eigenvalue weighted by molar-refractivity contribution is -0.226. The molecule has 8 fully saturated rings. The molecule has 11 nitrogen and oxygen atoms in total. The molecule has 2 aromatic carbocycles. The fraction of sp³-hybridized carbons (Fsp3) is 0.651. The Balaban J connectivity index is 0.971. The minimum absolute atomic E-state index is 0.00764. The molecule has 0 radical (unpaired) electrons. The van der Waals surface area contributed by atoms with Gasteiger partial charge in [-0.3, -0.25) is 4.79 Å². The van der Waals surface area contributed by atoms with Crippen LogP contribution in [-0.4, -0.2) is 74.0 Å². The fourth-order valence-electron chi connectivity index (χ4n) is 11.5. The van der Waals surface area contributed by atoms with Crippen LogP contribution in [-0.2, 0) is 39.5 Å². The number of carbonyl (C=O) groups is 3. The molecule has 0 spiro atoms. The van der Waals surface area contributed by atoms with Gasteiger partial charge in [-0.05, 0) is 123 Å². The maximum absolute atomic E-state index is 14.0. The first-order valence-corrected chi connectivity index (χ1v) is 20.1.